The highest BCUT2D eigenvalue weighted by Gasteiger charge is 2.11. The number of primary amides is 1. The van der Waals surface area contributed by atoms with Crippen molar-refractivity contribution in [2.75, 3.05) is 5.32 Å². The molecule has 2 rings (SSSR count). The first kappa shape index (κ1) is 13.0. The van der Waals surface area contributed by atoms with Crippen molar-refractivity contribution in [2.45, 2.75) is 20.8 Å². The topological polar surface area (TPSA) is 80.9 Å². The van der Waals surface area contributed by atoms with Crippen LogP contribution in [-0.2, 0) is 0 Å². The number of benzene rings is 1. The van der Waals surface area contributed by atoms with Crippen LogP contribution in [0.5, 0.6) is 0 Å². The van der Waals surface area contributed by atoms with Gasteiger partial charge in [0.05, 0.1) is 11.3 Å². The van der Waals surface area contributed by atoms with Gasteiger partial charge in [0.25, 0.3) is 5.91 Å². The Morgan fingerprint density at radius 1 is 1.16 bits per heavy atom. The van der Waals surface area contributed by atoms with E-state index in [1.165, 1.54) is 0 Å². The Kier molecular flexibility index (Phi) is 3.46. The normalized spacial score (nSPS) is 10.3. The number of para-hydroxylation sites is 1. The summed E-state index contributed by atoms with van der Waals surface area (Å²) in [6.07, 6.45) is 0. The lowest BCUT2D eigenvalue weighted by Gasteiger charge is -2.13. The molecule has 5 heteroatoms. The van der Waals surface area contributed by atoms with Gasteiger partial charge in [0, 0.05) is 11.3 Å². The Balaban J connectivity index is 2.45. The summed E-state index contributed by atoms with van der Waals surface area (Å²) >= 11 is 0. The minimum Gasteiger partial charge on any atom is -0.366 e. The summed E-state index contributed by atoms with van der Waals surface area (Å²) in [5.74, 6) is 0.907. The van der Waals surface area contributed by atoms with Gasteiger partial charge >= 0.3 is 0 Å². The van der Waals surface area contributed by atoms with Gasteiger partial charge in [0.2, 0.25) is 0 Å². The fourth-order valence-electron chi connectivity index (χ4n) is 1.82. The van der Waals surface area contributed by atoms with E-state index in [0.29, 0.717) is 22.9 Å². The van der Waals surface area contributed by atoms with E-state index in [0.717, 1.165) is 11.3 Å². The first-order valence-electron chi connectivity index (χ1n) is 5.96. The molecule has 0 saturated carbocycles. The number of hydrogen-bond acceptors (Lipinski definition) is 4. The zero-order chi connectivity index (χ0) is 14.0. The van der Waals surface area contributed by atoms with Gasteiger partial charge in [-0.05, 0) is 32.9 Å². The maximum atomic E-state index is 11.4. The van der Waals surface area contributed by atoms with Gasteiger partial charge in [-0.25, -0.2) is 9.97 Å². The molecule has 1 amide bonds. The van der Waals surface area contributed by atoms with Crippen LogP contribution in [0.3, 0.4) is 0 Å². The second-order valence-electron chi connectivity index (χ2n) is 4.36. The van der Waals surface area contributed by atoms with Gasteiger partial charge in [-0.3, -0.25) is 4.79 Å². The maximum absolute atomic E-state index is 11.4. The first-order valence-corrected chi connectivity index (χ1v) is 5.96. The molecule has 0 bridgehead atoms. The third-order valence-corrected chi connectivity index (χ3v) is 2.95. The van der Waals surface area contributed by atoms with Crippen molar-refractivity contribution in [3.05, 3.63) is 46.9 Å². The van der Waals surface area contributed by atoms with Crippen LogP contribution < -0.4 is 11.1 Å². The van der Waals surface area contributed by atoms with Crippen LogP contribution in [0, 0.1) is 20.8 Å². The molecule has 19 heavy (non-hydrogen) atoms. The van der Waals surface area contributed by atoms with Crippen molar-refractivity contribution in [1.29, 1.82) is 0 Å². The number of carbonyl (C=O) groups is 1. The summed E-state index contributed by atoms with van der Waals surface area (Å²) in [7, 11) is 0. The smallest absolute Gasteiger partial charge is 0.250 e. The summed E-state index contributed by atoms with van der Waals surface area (Å²) in [6.45, 7) is 5.69. The van der Waals surface area contributed by atoms with Gasteiger partial charge < -0.3 is 11.1 Å². The number of aromatic nitrogens is 2. The monoisotopic (exact) mass is 256 g/mol. The van der Waals surface area contributed by atoms with Crippen LogP contribution in [0.25, 0.3) is 0 Å². The van der Waals surface area contributed by atoms with Gasteiger partial charge in [-0.1, -0.05) is 12.1 Å². The average molecular weight is 256 g/mol. The molecule has 5 nitrogen and oxygen atoms in total. The number of hydrogen-bond donors (Lipinski definition) is 2. The first-order chi connectivity index (χ1) is 8.99. The van der Waals surface area contributed by atoms with Crippen molar-refractivity contribution in [3.63, 3.8) is 0 Å². The van der Waals surface area contributed by atoms with E-state index >= 15 is 0 Å². The highest BCUT2D eigenvalue weighted by atomic mass is 16.1. The molecule has 0 spiro atoms. The Morgan fingerprint density at radius 3 is 2.53 bits per heavy atom. The minimum absolute atomic E-state index is 0.441. The lowest BCUT2D eigenvalue weighted by atomic mass is 10.1. The van der Waals surface area contributed by atoms with Crippen molar-refractivity contribution in [2.24, 2.45) is 5.73 Å². The van der Waals surface area contributed by atoms with Crippen LogP contribution in [0.2, 0.25) is 0 Å². The summed E-state index contributed by atoms with van der Waals surface area (Å²) in [6, 6.07) is 7.09. The van der Waals surface area contributed by atoms with Crippen molar-refractivity contribution in [3.8, 4) is 0 Å². The quantitative estimate of drug-likeness (QED) is 0.882. The van der Waals surface area contributed by atoms with Crippen LogP contribution in [0.1, 0.15) is 27.4 Å². The predicted molar refractivity (Wildman–Crippen MR) is 74.5 cm³/mol. The standard InChI is InChI=1S/C14H16N4O/c1-8-9(2)16-10(3)17-14(8)18-12-7-5-4-6-11(12)13(15)19/h4-7H,1-3H3,(H2,15,19)(H,16,17,18). The Morgan fingerprint density at radius 2 is 1.84 bits per heavy atom. The van der Waals surface area contributed by atoms with E-state index in [4.69, 9.17) is 5.73 Å². The minimum atomic E-state index is -0.469. The molecule has 0 unspecified atom stereocenters. The molecule has 2 aromatic rings. The van der Waals surface area contributed by atoms with Crippen molar-refractivity contribution in [1.82, 2.24) is 9.97 Å². The molecule has 0 aliphatic rings. The zero-order valence-corrected chi connectivity index (χ0v) is 11.2. The molecule has 1 aromatic carbocycles. The van der Waals surface area contributed by atoms with Crippen LogP contribution in [0.15, 0.2) is 24.3 Å². The molecule has 1 aromatic heterocycles. The van der Waals surface area contributed by atoms with Crippen LogP contribution in [0.4, 0.5) is 11.5 Å². The van der Waals surface area contributed by atoms with E-state index in [9.17, 15) is 4.79 Å². The summed E-state index contributed by atoms with van der Waals surface area (Å²) < 4.78 is 0. The molecule has 0 fully saturated rings. The van der Waals surface area contributed by atoms with Gasteiger partial charge in [-0.2, -0.15) is 0 Å². The molecule has 98 valence electrons. The molecule has 0 aliphatic heterocycles. The number of carbonyl (C=O) groups excluding carboxylic acids is 1. The highest BCUT2D eigenvalue weighted by Crippen LogP contribution is 2.22. The van der Waals surface area contributed by atoms with E-state index in [1.807, 2.05) is 26.8 Å². The molecular formula is C14H16N4O. The van der Waals surface area contributed by atoms with E-state index in [1.54, 1.807) is 18.2 Å². The summed E-state index contributed by atoms with van der Waals surface area (Å²) in [5, 5.41) is 3.15. The third kappa shape index (κ3) is 2.70. The average Bonchev–Trinajstić information content (AvgIpc) is 2.35. The number of rotatable bonds is 3. The number of nitrogens with one attached hydrogen (secondary N) is 1. The van der Waals surface area contributed by atoms with Crippen molar-refractivity contribution < 1.29 is 4.79 Å². The molecular weight excluding hydrogens is 240 g/mol. The molecule has 0 radical (unpaired) electrons. The zero-order valence-electron chi connectivity index (χ0n) is 11.2. The number of amides is 1. The maximum Gasteiger partial charge on any atom is 0.250 e. The fourth-order valence-corrected chi connectivity index (χ4v) is 1.82. The van der Waals surface area contributed by atoms with Crippen molar-refractivity contribution >= 4 is 17.4 Å². The molecule has 0 aliphatic carbocycles. The number of nitrogens with zero attached hydrogens (tertiary/aromatic N) is 2. The van der Waals surface area contributed by atoms with Crippen LogP contribution in [-0.4, -0.2) is 15.9 Å². The fraction of sp³-hybridized carbons (Fsp3) is 0.214. The predicted octanol–water partition coefficient (Wildman–Crippen LogP) is 2.24. The SMILES string of the molecule is Cc1nc(C)c(C)c(Nc2ccccc2C(N)=O)n1. The number of anilines is 2. The van der Waals surface area contributed by atoms with Gasteiger partial charge in [0.15, 0.2) is 0 Å². The largest absolute Gasteiger partial charge is 0.366 e. The number of nitrogens with two attached hydrogens (primary N) is 1. The summed E-state index contributed by atoms with van der Waals surface area (Å²) in [4.78, 5) is 20.0. The highest BCUT2D eigenvalue weighted by molar-refractivity contribution is 5.99. The molecule has 0 atom stereocenters. The molecule has 0 saturated heterocycles. The second kappa shape index (κ2) is 5.06. The lowest BCUT2D eigenvalue weighted by molar-refractivity contribution is 0.100. The Labute approximate surface area is 111 Å². The second-order valence-corrected chi connectivity index (χ2v) is 4.36. The van der Waals surface area contributed by atoms with Gasteiger partial charge in [0.1, 0.15) is 11.6 Å². The third-order valence-electron chi connectivity index (χ3n) is 2.95. The number of aryl methyl sites for hydroxylation is 2. The lowest BCUT2D eigenvalue weighted by Crippen LogP contribution is -2.14. The molecule has 3 N–H and O–H groups in total. The van der Waals surface area contributed by atoms with E-state index in [2.05, 4.69) is 15.3 Å². The van der Waals surface area contributed by atoms with E-state index in [-0.39, 0.29) is 0 Å². The molecule has 1 heterocycles. The van der Waals surface area contributed by atoms with E-state index < -0.39 is 5.91 Å². The van der Waals surface area contributed by atoms with Gasteiger partial charge in [-0.15, -0.1) is 0 Å². The van der Waals surface area contributed by atoms with Crippen LogP contribution >= 0.6 is 0 Å². The Hall–Kier alpha value is -2.43. The summed E-state index contributed by atoms with van der Waals surface area (Å²) in [5.41, 5.74) is 8.30. The Bertz CT molecular complexity index is 637.